The van der Waals surface area contributed by atoms with E-state index in [1.807, 2.05) is 30.3 Å². The van der Waals surface area contributed by atoms with Crippen LogP contribution in [0.2, 0.25) is 0 Å². The van der Waals surface area contributed by atoms with Gasteiger partial charge in [0, 0.05) is 6.04 Å². The summed E-state index contributed by atoms with van der Waals surface area (Å²) in [6.45, 7) is 1.55. The highest BCUT2D eigenvalue weighted by Gasteiger charge is 2.14. The number of benzene rings is 1. The minimum atomic E-state index is -0.634. The number of rotatable bonds is 7. The number of nitrogens with one attached hydrogen (secondary N) is 2. The van der Waals surface area contributed by atoms with E-state index in [9.17, 15) is 14.7 Å². The Morgan fingerprint density at radius 1 is 1.24 bits per heavy atom. The minimum Gasteiger partial charge on any atom is -0.388 e. The fourth-order valence-electron chi connectivity index (χ4n) is 1.78. The molecule has 0 aliphatic carbocycles. The third-order valence-electron chi connectivity index (χ3n) is 2.80. The molecule has 0 radical (unpaired) electrons. The summed E-state index contributed by atoms with van der Waals surface area (Å²) in [6.07, 6.45) is -0.231. The first-order chi connectivity index (χ1) is 9.52. The fraction of sp³-hybridized carbons (Fsp3) is 0.429. The summed E-state index contributed by atoms with van der Waals surface area (Å²) in [5.41, 5.74) is 5.92. The summed E-state index contributed by atoms with van der Waals surface area (Å²) >= 11 is 0. The number of carbonyl (C=O) groups excluding carboxylic acids is 2. The van der Waals surface area contributed by atoms with Gasteiger partial charge in [-0.1, -0.05) is 30.3 Å². The lowest BCUT2D eigenvalue weighted by molar-refractivity contribution is -0.125. The quantitative estimate of drug-likeness (QED) is 0.573. The van der Waals surface area contributed by atoms with E-state index in [4.69, 9.17) is 5.73 Å². The normalized spacial score (nSPS) is 12.7. The lowest BCUT2D eigenvalue weighted by Crippen LogP contribution is -2.42. The van der Waals surface area contributed by atoms with Gasteiger partial charge in [-0.05, 0) is 18.9 Å². The number of carbonyl (C=O) groups is 2. The Balaban J connectivity index is 0.00000400. The predicted molar refractivity (Wildman–Crippen MR) is 82.9 cm³/mol. The topological polar surface area (TPSA) is 104 Å². The molecule has 0 saturated heterocycles. The lowest BCUT2D eigenvalue weighted by Gasteiger charge is -2.18. The van der Waals surface area contributed by atoms with Crippen LogP contribution in [0.1, 0.15) is 25.0 Å². The van der Waals surface area contributed by atoms with Crippen LogP contribution in [0.15, 0.2) is 30.3 Å². The van der Waals surface area contributed by atoms with E-state index >= 15 is 0 Å². The highest BCUT2D eigenvalue weighted by Crippen LogP contribution is 2.17. The third-order valence-corrected chi connectivity index (χ3v) is 2.80. The lowest BCUT2D eigenvalue weighted by atomic mass is 10.0. The number of amides is 2. The van der Waals surface area contributed by atoms with Crippen molar-refractivity contribution in [3.05, 3.63) is 35.9 Å². The molecule has 2 unspecified atom stereocenters. The molecule has 0 fully saturated rings. The molecule has 1 aromatic rings. The smallest absolute Gasteiger partial charge is 0.239 e. The molecule has 21 heavy (non-hydrogen) atoms. The maximum atomic E-state index is 11.5. The number of aliphatic hydroxyl groups excluding tert-OH is 1. The van der Waals surface area contributed by atoms with E-state index in [-0.39, 0.29) is 43.4 Å². The molecule has 2 atom stereocenters. The Morgan fingerprint density at radius 2 is 1.86 bits per heavy atom. The van der Waals surface area contributed by atoms with Crippen molar-refractivity contribution in [3.63, 3.8) is 0 Å². The van der Waals surface area contributed by atoms with E-state index in [1.165, 1.54) is 0 Å². The Labute approximate surface area is 130 Å². The van der Waals surface area contributed by atoms with Gasteiger partial charge < -0.3 is 21.5 Å². The molecule has 1 aromatic carbocycles. The van der Waals surface area contributed by atoms with Gasteiger partial charge in [0.1, 0.15) is 0 Å². The van der Waals surface area contributed by atoms with Crippen LogP contribution >= 0.6 is 12.4 Å². The van der Waals surface area contributed by atoms with Crippen molar-refractivity contribution >= 4 is 24.2 Å². The first-order valence-electron chi connectivity index (χ1n) is 6.52. The first-order valence-corrected chi connectivity index (χ1v) is 6.52. The largest absolute Gasteiger partial charge is 0.388 e. The Kier molecular flexibility index (Phi) is 9.36. The maximum absolute atomic E-state index is 11.5. The zero-order valence-corrected chi connectivity index (χ0v) is 12.7. The minimum absolute atomic E-state index is 0. The second-order valence-corrected chi connectivity index (χ2v) is 4.61. The second kappa shape index (κ2) is 10.1. The van der Waals surface area contributed by atoms with Gasteiger partial charge in [-0.2, -0.15) is 0 Å². The summed E-state index contributed by atoms with van der Waals surface area (Å²) in [4.78, 5) is 22.5. The number of aliphatic hydroxyl groups is 1. The molecular weight excluding hydrogens is 294 g/mol. The molecule has 0 aromatic heterocycles. The van der Waals surface area contributed by atoms with Gasteiger partial charge in [0.15, 0.2) is 0 Å². The van der Waals surface area contributed by atoms with Crippen molar-refractivity contribution < 1.29 is 14.7 Å². The zero-order chi connectivity index (χ0) is 15.0. The van der Waals surface area contributed by atoms with Gasteiger partial charge in [-0.15, -0.1) is 12.4 Å². The Hall–Kier alpha value is -1.63. The van der Waals surface area contributed by atoms with E-state index < -0.39 is 6.10 Å². The van der Waals surface area contributed by atoms with Gasteiger partial charge in [0.2, 0.25) is 11.8 Å². The van der Waals surface area contributed by atoms with Gasteiger partial charge in [-0.25, -0.2) is 0 Å². The highest BCUT2D eigenvalue weighted by molar-refractivity contribution is 5.85. The third kappa shape index (κ3) is 7.65. The van der Waals surface area contributed by atoms with Crippen LogP contribution in [0.3, 0.4) is 0 Å². The molecule has 7 heteroatoms. The van der Waals surface area contributed by atoms with Gasteiger partial charge in [-0.3, -0.25) is 9.59 Å². The van der Waals surface area contributed by atoms with E-state index in [0.717, 1.165) is 5.56 Å². The monoisotopic (exact) mass is 315 g/mol. The molecule has 0 bridgehead atoms. The molecule has 0 heterocycles. The summed E-state index contributed by atoms with van der Waals surface area (Å²) in [5.74, 6) is -0.684. The molecule has 6 nitrogen and oxygen atoms in total. The molecule has 0 saturated carbocycles. The van der Waals surface area contributed by atoms with Crippen molar-refractivity contribution in [1.29, 1.82) is 0 Å². The van der Waals surface area contributed by atoms with Crippen molar-refractivity contribution in [2.24, 2.45) is 5.73 Å². The Morgan fingerprint density at radius 3 is 2.43 bits per heavy atom. The first kappa shape index (κ1) is 19.4. The number of hydrogen-bond donors (Lipinski definition) is 4. The molecule has 1 rings (SSSR count). The summed E-state index contributed by atoms with van der Waals surface area (Å²) < 4.78 is 0. The Bertz CT molecular complexity index is 442. The molecular formula is C14H22ClN3O3. The molecule has 0 spiro atoms. The average molecular weight is 316 g/mol. The predicted octanol–water partition coefficient (Wildman–Crippen LogP) is 0.111. The second-order valence-electron chi connectivity index (χ2n) is 4.61. The van der Waals surface area contributed by atoms with Crippen LogP contribution in [0, 0.1) is 0 Å². The van der Waals surface area contributed by atoms with Crippen LogP contribution in [0.4, 0.5) is 0 Å². The highest BCUT2D eigenvalue weighted by atomic mass is 35.5. The van der Waals surface area contributed by atoms with E-state index in [1.54, 1.807) is 6.92 Å². The van der Waals surface area contributed by atoms with Crippen molar-refractivity contribution in [2.75, 3.05) is 13.1 Å². The molecule has 0 aliphatic heterocycles. The SMILES string of the molecule is CC(CC(O)c1ccccc1)NC(=O)CNC(=O)CN.Cl. The fourth-order valence-corrected chi connectivity index (χ4v) is 1.78. The molecule has 0 aliphatic rings. The van der Waals surface area contributed by atoms with Crippen LogP contribution in [-0.4, -0.2) is 36.1 Å². The van der Waals surface area contributed by atoms with Crippen LogP contribution in [0.5, 0.6) is 0 Å². The number of hydrogen-bond acceptors (Lipinski definition) is 4. The van der Waals surface area contributed by atoms with Crippen molar-refractivity contribution in [3.8, 4) is 0 Å². The summed E-state index contributed by atoms with van der Waals surface area (Å²) in [7, 11) is 0. The van der Waals surface area contributed by atoms with Gasteiger partial charge in [0.25, 0.3) is 0 Å². The van der Waals surface area contributed by atoms with Crippen LogP contribution < -0.4 is 16.4 Å². The molecule has 2 amide bonds. The molecule has 118 valence electrons. The zero-order valence-electron chi connectivity index (χ0n) is 11.9. The number of nitrogens with two attached hydrogens (primary N) is 1. The van der Waals surface area contributed by atoms with E-state index in [0.29, 0.717) is 6.42 Å². The summed E-state index contributed by atoms with van der Waals surface area (Å²) in [6, 6.07) is 9.05. The average Bonchev–Trinajstić information content (AvgIpc) is 2.45. The van der Waals surface area contributed by atoms with Crippen molar-refractivity contribution in [2.45, 2.75) is 25.5 Å². The number of halogens is 1. The van der Waals surface area contributed by atoms with Crippen molar-refractivity contribution in [1.82, 2.24) is 10.6 Å². The van der Waals surface area contributed by atoms with Gasteiger partial charge in [0.05, 0.1) is 19.2 Å². The standard InChI is InChI=1S/C14H21N3O3.ClH/c1-10(17-14(20)9-16-13(19)8-15)7-12(18)11-5-3-2-4-6-11;/h2-6,10,12,18H,7-9,15H2,1H3,(H,16,19)(H,17,20);1H. The van der Waals surface area contributed by atoms with Crippen LogP contribution in [-0.2, 0) is 9.59 Å². The van der Waals surface area contributed by atoms with Gasteiger partial charge >= 0.3 is 0 Å². The molecule has 5 N–H and O–H groups in total. The van der Waals surface area contributed by atoms with E-state index in [2.05, 4.69) is 10.6 Å². The summed E-state index contributed by atoms with van der Waals surface area (Å²) in [5, 5.41) is 15.1. The maximum Gasteiger partial charge on any atom is 0.239 e. The van der Waals surface area contributed by atoms with Crippen LogP contribution in [0.25, 0.3) is 0 Å².